The molecule has 1 aliphatic heterocycles. The minimum Gasteiger partial charge on any atom is -0.462 e. The van der Waals surface area contributed by atoms with Gasteiger partial charge in [0.1, 0.15) is 13.2 Å². The largest absolute Gasteiger partial charge is 0.462 e. The number of ketones is 1. The molecule has 3 unspecified atom stereocenters. The van der Waals surface area contributed by atoms with E-state index in [0.717, 1.165) is 0 Å². The van der Waals surface area contributed by atoms with Crippen molar-refractivity contribution in [3.8, 4) is 0 Å². The van der Waals surface area contributed by atoms with Crippen molar-refractivity contribution in [3.05, 3.63) is 23.5 Å². The summed E-state index contributed by atoms with van der Waals surface area (Å²) in [5.41, 5.74) is -1.51. The Labute approximate surface area is 200 Å². The molecular formula is C25H36O9. The predicted molar refractivity (Wildman–Crippen MR) is 121 cm³/mol. The maximum atomic E-state index is 12.9. The Morgan fingerprint density at radius 1 is 0.941 bits per heavy atom. The molecule has 0 amide bonds. The number of fused-ring (bicyclic) bond motifs is 1. The fourth-order valence-corrected chi connectivity index (χ4v) is 3.74. The molecule has 0 aromatic rings. The zero-order valence-corrected chi connectivity index (χ0v) is 20.8. The van der Waals surface area contributed by atoms with E-state index in [1.807, 2.05) is 41.5 Å². The summed E-state index contributed by atoms with van der Waals surface area (Å²) >= 11 is 0. The van der Waals surface area contributed by atoms with Gasteiger partial charge in [-0.1, -0.05) is 41.5 Å². The molecule has 34 heavy (non-hydrogen) atoms. The van der Waals surface area contributed by atoms with Crippen molar-refractivity contribution in [1.29, 1.82) is 0 Å². The molecule has 1 N–H and O–H groups in total. The Morgan fingerprint density at radius 2 is 1.47 bits per heavy atom. The van der Waals surface area contributed by atoms with Crippen LogP contribution in [0.25, 0.3) is 0 Å². The molecule has 0 aromatic heterocycles. The van der Waals surface area contributed by atoms with Crippen LogP contribution in [0.4, 0.5) is 0 Å². The average Bonchev–Trinajstić information content (AvgIpc) is 2.96. The molecule has 9 heteroatoms. The van der Waals surface area contributed by atoms with Crippen LogP contribution in [0.1, 0.15) is 60.8 Å². The van der Waals surface area contributed by atoms with E-state index in [9.17, 15) is 24.3 Å². The summed E-state index contributed by atoms with van der Waals surface area (Å²) in [6, 6.07) is 0. The lowest BCUT2D eigenvalue weighted by Crippen LogP contribution is -2.53. The lowest BCUT2D eigenvalue weighted by molar-refractivity contribution is -0.202. The lowest BCUT2D eigenvalue weighted by Gasteiger charge is -2.37. The third-order valence-electron chi connectivity index (χ3n) is 5.36. The normalized spacial score (nSPS) is 23.9. The second kappa shape index (κ2) is 11.6. The third kappa shape index (κ3) is 7.16. The number of rotatable bonds is 11. The van der Waals surface area contributed by atoms with Gasteiger partial charge in [-0.05, 0) is 29.4 Å². The first kappa shape index (κ1) is 27.6. The summed E-state index contributed by atoms with van der Waals surface area (Å²) in [4.78, 5) is 49.3. The van der Waals surface area contributed by atoms with E-state index < -0.39 is 48.1 Å². The molecule has 2 rings (SSSR count). The quantitative estimate of drug-likeness (QED) is 0.351. The zero-order valence-electron chi connectivity index (χ0n) is 20.8. The molecule has 1 aliphatic carbocycles. The van der Waals surface area contributed by atoms with Crippen LogP contribution in [0.3, 0.4) is 0 Å². The van der Waals surface area contributed by atoms with E-state index in [1.54, 1.807) is 0 Å². The summed E-state index contributed by atoms with van der Waals surface area (Å²) in [6.45, 7) is 10.3. The van der Waals surface area contributed by atoms with E-state index in [2.05, 4.69) is 0 Å². The van der Waals surface area contributed by atoms with Crippen LogP contribution in [-0.4, -0.2) is 53.9 Å². The smallest absolute Gasteiger partial charge is 0.309 e. The molecule has 0 saturated carbocycles. The molecule has 0 radical (unpaired) electrons. The molecule has 0 bridgehead atoms. The number of hydrogen-bond donors (Lipinski definition) is 1. The van der Waals surface area contributed by atoms with Crippen LogP contribution < -0.4 is 0 Å². The van der Waals surface area contributed by atoms with Crippen LogP contribution in [-0.2, 0) is 38.1 Å². The SMILES string of the molecule is CC(C)CC(=O)OCC1=COC(OC(=O)CC(C)C)C2C1=CC(=O)C2(O)COC(=O)CC(C)C. The highest BCUT2D eigenvalue weighted by molar-refractivity contribution is 6.02. The Hall–Kier alpha value is -2.68. The highest BCUT2D eigenvalue weighted by atomic mass is 16.7. The molecule has 0 fully saturated rings. The molecular weight excluding hydrogens is 444 g/mol. The van der Waals surface area contributed by atoms with Crippen molar-refractivity contribution in [2.75, 3.05) is 13.2 Å². The van der Waals surface area contributed by atoms with Gasteiger partial charge >= 0.3 is 17.9 Å². The van der Waals surface area contributed by atoms with Crippen molar-refractivity contribution in [2.45, 2.75) is 72.7 Å². The van der Waals surface area contributed by atoms with E-state index in [-0.39, 0.29) is 43.6 Å². The highest BCUT2D eigenvalue weighted by Crippen LogP contribution is 2.44. The Balaban J connectivity index is 2.26. The van der Waals surface area contributed by atoms with Gasteiger partial charge in [0.2, 0.25) is 0 Å². The molecule has 9 nitrogen and oxygen atoms in total. The zero-order chi connectivity index (χ0) is 25.6. The van der Waals surface area contributed by atoms with Gasteiger partial charge in [0.15, 0.2) is 11.4 Å². The van der Waals surface area contributed by atoms with E-state index >= 15 is 0 Å². The Morgan fingerprint density at radius 3 is 2.03 bits per heavy atom. The number of ether oxygens (including phenoxy) is 4. The van der Waals surface area contributed by atoms with Gasteiger partial charge in [0, 0.05) is 24.8 Å². The summed E-state index contributed by atoms with van der Waals surface area (Å²) in [6.07, 6.45) is 1.62. The first-order valence-electron chi connectivity index (χ1n) is 11.7. The number of carbonyl (C=O) groups excluding carboxylic acids is 4. The predicted octanol–water partition coefficient (Wildman–Crippen LogP) is 2.85. The van der Waals surface area contributed by atoms with Crippen LogP contribution in [0, 0.1) is 23.7 Å². The van der Waals surface area contributed by atoms with Gasteiger partial charge in [0.25, 0.3) is 6.29 Å². The van der Waals surface area contributed by atoms with Crippen LogP contribution >= 0.6 is 0 Å². The molecule has 1 heterocycles. The number of carbonyl (C=O) groups is 4. The van der Waals surface area contributed by atoms with Crippen molar-refractivity contribution in [3.63, 3.8) is 0 Å². The van der Waals surface area contributed by atoms with Crippen molar-refractivity contribution >= 4 is 23.7 Å². The van der Waals surface area contributed by atoms with Gasteiger partial charge in [-0.25, -0.2) is 0 Å². The molecule has 2 aliphatic rings. The Kier molecular flexibility index (Phi) is 9.44. The minimum absolute atomic E-state index is 0.0265. The lowest BCUT2D eigenvalue weighted by atomic mass is 9.82. The molecule has 190 valence electrons. The van der Waals surface area contributed by atoms with E-state index in [0.29, 0.717) is 11.1 Å². The van der Waals surface area contributed by atoms with Gasteiger partial charge < -0.3 is 24.1 Å². The van der Waals surface area contributed by atoms with Gasteiger partial charge in [-0.2, -0.15) is 0 Å². The maximum Gasteiger partial charge on any atom is 0.309 e. The number of aliphatic hydroxyl groups is 1. The van der Waals surface area contributed by atoms with Crippen LogP contribution in [0.5, 0.6) is 0 Å². The second-order valence-corrected chi connectivity index (χ2v) is 10.1. The van der Waals surface area contributed by atoms with Crippen molar-refractivity contribution in [2.24, 2.45) is 23.7 Å². The standard InChI is InChI=1S/C25H36O9/c1-14(2)7-20(27)31-11-17-12-32-24(34-22(29)9-16(5)6)23-18(17)10-19(26)25(23,30)13-33-21(28)8-15(3)4/h10,12,14-16,23-24,30H,7-9,11,13H2,1-6H3. The van der Waals surface area contributed by atoms with Crippen molar-refractivity contribution < 1.29 is 43.2 Å². The first-order valence-corrected chi connectivity index (χ1v) is 11.7. The molecule has 0 spiro atoms. The number of hydrogen-bond acceptors (Lipinski definition) is 9. The van der Waals surface area contributed by atoms with E-state index in [4.69, 9.17) is 18.9 Å². The average molecular weight is 481 g/mol. The topological polar surface area (TPSA) is 125 Å². The molecule has 0 saturated heterocycles. The summed E-state index contributed by atoms with van der Waals surface area (Å²) in [5, 5.41) is 11.3. The maximum absolute atomic E-state index is 12.9. The third-order valence-corrected chi connectivity index (χ3v) is 5.36. The van der Waals surface area contributed by atoms with Crippen molar-refractivity contribution in [1.82, 2.24) is 0 Å². The summed E-state index contributed by atoms with van der Waals surface area (Å²) < 4.78 is 21.6. The monoisotopic (exact) mass is 480 g/mol. The fraction of sp³-hybridized carbons (Fsp3) is 0.680. The van der Waals surface area contributed by atoms with Crippen LogP contribution in [0.15, 0.2) is 23.5 Å². The molecule has 0 aromatic carbocycles. The highest BCUT2D eigenvalue weighted by Gasteiger charge is 2.58. The number of esters is 3. The minimum atomic E-state index is -2.19. The van der Waals surface area contributed by atoms with Gasteiger partial charge in [-0.15, -0.1) is 0 Å². The summed E-state index contributed by atoms with van der Waals surface area (Å²) in [5.74, 6) is -3.22. The second-order valence-electron chi connectivity index (χ2n) is 10.1. The van der Waals surface area contributed by atoms with Gasteiger partial charge in [0.05, 0.1) is 12.2 Å². The fourth-order valence-electron chi connectivity index (χ4n) is 3.74. The van der Waals surface area contributed by atoms with E-state index in [1.165, 1.54) is 12.3 Å². The summed E-state index contributed by atoms with van der Waals surface area (Å²) in [7, 11) is 0. The van der Waals surface area contributed by atoms with Crippen LogP contribution in [0.2, 0.25) is 0 Å². The van der Waals surface area contributed by atoms with Gasteiger partial charge in [-0.3, -0.25) is 19.2 Å². The first-order chi connectivity index (χ1) is 15.8. The Bertz CT molecular complexity index is 852. The molecule has 3 atom stereocenters.